The van der Waals surface area contributed by atoms with E-state index in [4.69, 9.17) is 14.2 Å². The lowest BCUT2D eigenvalue weighted by atomic mass is 10.2. The van der Waals surface area contributed by atoms with Crippen molar-refractivity contribution in [1.29, 1.82) is 0 Å². The molecular formula is C17H17N3O4S. The lowest BCUT2D eigenvalue weighted by Crippen LogP contribution is -2.29. The van der Waals surface area contributed by atoms with Gasteiger partial charge in [0.05, 0.1) is 37.1 Å². The summed E-state index contributed by atoms with van der Waals surface area (Å²) in [6, 6.07) is 10.6. The molecule has 0 aliphatic carbocycles. The second-order valence-electron chi connectivity index (χ2n) is 5.00. The number of carbonyl (C=O) groups excluding carboxylic acids is 1. The zero-order chi connectivity index (χ0) is 17.8. The van der Waals surface area contributed by atoms with Gasteiger partial charge < -0.3 is 14.2 Å². The molecule has 3 aromatic rings. The van der Waals surface area contributed by atoms with Crippen molar-refractivity contribution in [2.45, 2.75) is 0 Å². The van der Waals surface area contributed by atoms with E-state index < -0.39 is 0 Å². The van der Waals surface area contributed by atoms with Crippen molar-refractivity contribution in [3.05, 3.63) is 42.0 Å². The molecule has 0 saturated carbocycles. The average Bonchev–Trinajstić information content (AvgIpc) is 3.07. The van der Waals surface area contributed by atoms with Crippen LogP contribution in [0.1, 0.15) is 10.4 Å². The SMILES string of the molecule is COc1ccc(C(=O)NNc2nc3ccc(OC)cc3s2)c(OC)c1. The molecule has 0 radical (unpaired) electrons. The van der Waals surface area contributed by atoms with E-state index in [0.717, 1.165) is 16.0 Å². The van der Waals surface area contributed by atoms with Crippen LogP contribution in [0.25, 0.3) is 10.2 Å². The molecule has 7 nitrogen and oxygen atoms in total. The van der Waals surface area contributed by atoms with Gasteiger partial charge in [0.15, 0.2) is 0 Å². The fourth-order valence-corrected chi connectivity index (χ4v) is 3.10. The van der Waals surface area contributed by atoms with Crippen LogP contribution in [0, 0.1) is 0 Å². The number of amides is 1. The number of ether oxygens (including phenoxy) is 3. The van der Waals surface area contributed by atoms with E-state index in [1.165, 1.54) is 18.4 Å². The topological polar surface area (TPSA) is 81.7 Å². The summed E-state index contributed by atoms with van der Waals surface area (Å²) in [5.41, 5.74) is 6.67. The first-order valence-corrected chi connectivity index (χ1v) is 8.19. The van der Waals surface area contributed by atoms with Crippen LogP contribution in [0.15, 0.2) is 36.4 Å². The summed E-state index contributed by atoms with van der Waals surface area (Å²) in [5, 5.41) is 0.573. The molecule has 3 rings (SSSR count). The standard InChI is InChI=1S/C17H17N3O4S/c1-22-10-4-6-12(14(8-10)24-3)16(21)19-20-17-18-13-7-5-11(23-2)9-15(13)25-17/h4-9H,1-3H3,(H,18,20)(H,19,21). The van der Waals surface area contributed by atoms with Crippen LogP contribution in [0.4, 0.5) is 5.13 Å². The van der Waals surface area contributed by atoms with Crippen molar-refractivity contribution >= 4 is 32.6 Å². The van der Waals surface area contributed by atoms with Gasteiger partial charge in [-0.25, -0.2) is 4.98 Å². The number of hydrazine groups is 1. The van der Waals surface area contributed by atoms with Crippen molar-refractivity contribution in [2.24, 2.45) is 0 Å². The van der Waals surface area contributed by atoms with E-state index in [1.807, 2.05) is 18.2 Å². The summed E-state index contributed by atoms with van der Waals surface area (Å²) in [6.07, 6.45) is 0. The van der Waals surface area contributed by atoms with Crippen LogP contribution in [-0.2, 0) is 0 Å². The first-order chi connectivity index (χ1) is 12.1. The fraction of sp³-hybridized carbons (Fsp3) is 0.176. The number of hydrogen-bond acceptors (Lipinski definition) is 7. The lowest BCUT2D eigenvalue weighted by molar-refractivity contribution is 0.0959. The largest absolute Gasteiger partial charge is 0.497 e. The van der Waals surface area contributed by atoms with Crippen molar-refractivity contribution in [3.63, 3.8) is 0 Å². The molecule has 2 aromatic carbocycles. The number of aromatic nitrogens is 1. The molecule has 2 N–H and O–H groups in total. The van der Waals surface area contributed by atoms with E-state index in [9.17, 15) is 4.79 Å². The highest BCUT2D eigenvalue weighted by molar-refractivity contribution is 7.22. The number of nitrogens with zero attached hydrogens (tertiary/aromatic N) is 1. The van der Waals surface area contributed by atoms with Gasteiger partial charge >= 0.3 is 0 Å². The predicted molar refractivity (Wildman–Crippen MR) is 96.8 cm³/mol. The maximum absolute atomic E-state index is 12.4. The Balaban J connectivity index is 1.74. The van der Waals surface area contributed by atoms with Gasteiger partial charge in [-0.05, 0) is 30.3 Å². The third-order valence-corrected chi connectivity index (χ3v) is 4.47. The molecule has 1 heterocycles. The number of carbonyl (C=O) groups is 1. The number of nitrogens with one attached hydrogen (secondary N) is 2. The quantitative estimate of drug-likeness (QED) is 0.658. The van der Waals surface area contributed by atoms with Crippen LogP contribution < -0.4 is 25.1 Å². The molecular weight excluding hydrogens is 342 g/mol. The van der Waals surface area contributed by atoms with E-state index >= 15 is 0 Å². The number of benzene rings is 2. The second-order valence-corrected chi connectivity index (χ2v) is 6.03. The highest BCUT2D eigenvalue weighted by atomic mass is 32.1. The smallest absolute Gasteiger partial charge is 0.273 e. The molecule has 130 valence electrons. The Morgan fingerprint density at radius 3 is 2.44 bits per heavy atom. The number of methoxy groups -OCH3 is 3. The van der Waals surface area contributed by atoms with Gasteiger partial charge in [-0.3, -0.25) is 15.6 Å². The van der Waals surface area contributed by atoms with Crippen LogP contribution in [0.2, 0.25) is 0 Å². The molecule has 0 saturated heterocycles. The minimum atomic E-state index is -0.337. The first-order valence-electron chi connectivity index (χ1n) is 7.37. The fourth-order valence-electron chi connectivity index (χ4n) is 2.25. The molecule has 1 aromatic heterocycles. The van der Waals surface area contributed by atoms with Gasteiger partial charge in [0.2, 0.25) is 5.13 Å². The molecule has 0 aliphatic rings. The van der Waals surface area contributed by atoms with Gasteiger partial charge in [-0.15, -0.1) is 0 Å². The Morgan fingerprint density at radius 2 is 1.72 bits per heavy atom. The molecule has 0 fully saturated rings. The van der Waals surface area contributed by atoms with E-state index in [0.29, 0.717) is 22.2 Å². The first kappa shape index (κ1) is 16.8. The van der Waals surface area contributed by atoms with Gasteiger partial charge in [0.25, 0.3) is 5.91 Å². The summed E-state index contributed by atoms with van der Waals surface area (Å²) in [6.45, 7) is 0. The van der Waals surface area contributed by atoms with Gasteiger partial charge in [-0.2, -0.15) is 0 Å². The molecule has 0 unspecified atom stereocenters. The Hall–Kier alpha value is -3.00. The van der Waals surface area contributed by atoms with Gasteiger partial charge in [-0.1, -0.05) is 11.3 Å². The highest BCUT2D eigenvalue weighted by Gasteiger charge is 2.14. The number of rotatable bonds is 6. The monoisotopic (exact) mass is 359 g/mol. The maximum Gasteiger partial charge on any atom is 0.273 e. The minimum absolute atomic E-state index is 0.337. The van der Waals surface area contributed by atoms with Crippen molar-refractivity contribution in [2.75, 3.05) is 26.8 Å². The van der Waals surface area contributed by atoms with Crippen molar-refractivity contribution in [1.82, 2.24) is 10.4 Å². The third-order valence-electron chi connectivity index (χ3n) is 3.53. The summed E-state index contributed by atoms with van der Waals surface area (Å²) >= 11 is 1.41. The second kappa shape index (κ2) is 7.27. The molecule has 25 heavy (non-hydrogen) atoms. The Bertz CT molecular complexity index is 910. The molecule has 8 heteroatoms. The normalized spacial score (nSPS) is 10.4. The van der Waals surface area contributed by atoms with Crippen LogP contribution in [-0.4, -0.2) is 32.2 Å². The van der Waals surface area contributed by atoms with E-state index in [-0.39, 0.29) is 5.91 Å². The summed E-state index contributed by atoms with van der Waals surface area (Å²) in [5.74, 6) is 1.46. The average molecular weight is 359 g/mol. The zero-order valence-electron chi connectivity index (χ0n) is 14.0. The summed E-state index contributed by atoms with van der Waals surface area (Å²) < 4.78 is 16.5. The van der Waals surface area contributed by atoms with Gasteiger partial charge in [0, 0.05) is 6.07 Å². The molecule has 0 atom stereocenters. The summed E-state index contributed by atoms with van der Waals surface area (Å²) in [4.78, 5) is 16.8. The van der Waals surface area contributed by atoms with Crippen molar-refractivity contribution < 1.29 is 19.0 Å². The van der Waals surface area contributed by atoms with Crippen LogP contribution in [0.3, 0.4) is 0 Å². The van der Waals surface area contributed by atoms with E-state index in [1.54, 1.807) is 32.4 Å². The number of thiazole rings is 1. The highest BCUT2D eigenvalue weighted by Crippen LogP contribution is 2.29. The van der Waals surface area contributed by atoms with Crippen LogP contribution in [0.5, 0.6) is 17.2 Å². The zero-order valence-corrected chi connectivity index (χ0v) is 14.8. The molecule has 0 aliphatic heterocycles. The van der Waals surface area contributed by atoms with Crippen LogP contribution >= 0.6 is 11.3 Å². The predicted octanol–water partition coefficient (Wildman–Crippen LogP) is 3.08. The molecule has 0 bridgehead atoms. The lowest BCUT2D eigenvalue weighted by Gasteiger charge is -2.10. The number of fused-ring (bicyclic) bond motifs is 1. The Morgan fingerprint density at radius 1 is 1.00 bits per heavy atom. The van der Waals surface area contributed by atoms with Crippen molar-refractivity contribution in [3.8, 4) is 17.2 Å². The molecule has 0 spiro atoms. The Kier molecular flexibility index (Phi) is 4.90. The maximum atomic E-state index is 12.4. The molecule has 1 amide bonds. The third kappa shape index (κ3) is 3.58. The minimum Gasteiger partial charge on any atom is -0.497 e. The van der Waals surface area contributed by atoms with Gasteiger partial charge in [0.1, 0.15) is 17.2 Å². The summed E-state index contributed by atoms with van der Waals surface area (Å²) in [7, 11) is 4.67. The number of hydrogen-bond donors (Lipinski definition) is 2. The Labute approximate surface area is 148 Å². The van der Waals surface area contributed by atoms with E-state index in [2.05, 4.69) is 15.8 Å². The number of anilines is 1.